The van der Waals surface area contributed by atoms with Crippen molar-refractivity contribution in [2.75, 3.05) is 11.6 Å². The molecule has 1 aliphatic carbocycles. The molecule has 4 heterocycles. The third-order valence-corrected chi connectivity index (χ3v) is 8.87. The van der Waals surface area contributed by atoms with E-state index in [4.69, 9.17) is 4.74 Å². The minimum absolute atomic E-state index is 0.0780. The number of hydrogen-bond acceptors (Lipinski definition) is 7. The first-order valence-electron chi connectivity index (χ1n) is 12.2. The molecule has 2 atom stereocenters. The van der Waals surface area contributed by atoms with Crippen LogP contribution < -0.4 is 5.32 Å². The largest absolute Gasteiger partial charge is 0.443 e. The van der Waals surface area contributed by atoms with Gasteiger partial charge in [0.15, 0.2) is 15.5 Å². The number of hydrogen-bond donors (Lipinski definition) is 1. The molecule has 3 aromatic rings. The molecule has 9 nitrogen and oxygen atoms in total. The highest BCUT2D eigenvalue weighted by Gasteiger charge is 2.48. The quantitative estimate of drug-likeness (QED) is 0.532. The Balaban J connectivity index is 1.23. The van der Waals surface area contributed by atoms with E-state index in [9.17, 15) is 17.6 Å². The molecule has 36 heavy (non-hydrogen) atoms. The lowest BCUT2D eigenvalue weighted by Gasteiger charge is -2.39. The van der Waals surface area contributed by atoms with Crippen LogP contribution in [-0.4, -0.2) is 58.1 Å². The van der Waals surface area contributed by atoms with Gasteiger partial charge in [-0.1, -0.05) is 0 Å². The highest BCUT2D eigenvalue weighted by molar-refractivity contribution is 7.90. The molecule has 1 N–H and O–H groups in total. The van der Waals surface area contributed by atoms with Gasteiger partial charge in [-0.2, -0.15) is 5.10 Å². The Hall–Kier alpha value is -3.21. The Kier molecular flexibility index (Phi) is 5.26. The van der Waals surface area contributed by atoms with Crippen molar-refractivity contribution in [1.29, 1.82) is 0 Å². The Morgan fingerprint density at radius 3 is 2.50 bits per heavy atom. The number of amides is 1. The van der Waals surface area contributed by atoms with Gasteiger partial charge in [0, 0.05) is 36.0 Å². The number of piperidine rings is 1. The Morgan fingerprint density at radius 2 is 1.86 bits per heavy atom. The highest BCUT2D eigenvalue weighted by Crippen LogP contribution is 2.45. The Bertz CT molecular complexity index is 1450. The van der Waals surface area contributed by atoms with Crippen LogP contribution in [0.2, 0.25) is 0 Å². The summed E-state index contributed by atoms with van der Waals surface area (Å²) in [5.74, 6) is -0.668. The van der Waals surface area contributed by atoms with E-state index in [1.165, 1.54) is 18.3 Å². The Morgan fingerprint density at radius 1 is 1.14 bits per heavy atom. The van der Waals surface area contributed by atoms with Crippen LogP contribution in [0.15, 0.2) is 41.6 Å². The van der Waals surface area contributed by atoms with Crippen LogP contribution >= 0.6 is 0 Å². The topological polar surface area (TPSA) is 106 Å². The Labute approximate surface area is 208 Å². The van der Waals surface area contributed by atoms with E-state index in [0.29, 0.717) is 11.3 Å². The normalized spacial score (nSPS) is 24.6. The molecular weight excluding hydrogens is 485 g/mol. The summed E-state index contributed by atoms with van der Waals surface area (Å²) in [5.41, 5.74) is 1.12. The van der Waals surface area contributed by atoms with E-state index in [0.717, 1.165) is 56.2 Å². The first-order chi connectivity index (χ1) is 17.1. The number of halogens is 1. The molecule has 3 aliphatic rings. The van der Waals surface area contributed by atoms with Crippen LogP contribution in [0.3, 0.4) is 0 Å². The van der Waals surface area contributed by atoms with Crippen LogP contribution in [0.5, 0.6) is 0 Å². The van der Waals surface area contributed by atoms with Gasteiger partial charge in [-0.05, 0) is 69.7 Å². The van der Waals surface area contributed by atoms with Crippen molar-refractivity contribution in [3.05, 3.63) is 42.5 Å². The van der Waals surface area contributed by atoms with E-state index in [2.05, 4.69) is 20.1 Å². The summed E-state index contributed by atoms with van der Waals surface area (Å²) in [6, 6.07) is 6.14. The molecule has 3 fully saturated rings. The predicted molar refractivity (Wildman–Crippen MR) is 131 cm³/mol. The average molecular weight is 514 g/mol. The number of aromatic nitrogens is 3. The zero-order valence-corrected chi connectivity index (χ0v) is 21.0. The van der Waals surface area contributed by atoms with Crippen molar-refractivity contribution in [2.24, 2.45) is 0 Å². The van der Waals surface area contributed by atoms with E-state index >= 15 is 0 Å². The number of nitrogens with one attached hydrogen (secondary N) is 1. The zero-order chi connectivity index (χ0) is 25.2. The summed E-state index contributed by atoms with van der Waals surface area (Å²) in [7, 11) is -3.50. The van der Waals surface area contributed by atoms with Crippen molar-refractivity contribution in [1.82, 2.24) is 19.7 Å². The van der Waals surface area contributed by atoms with Gasteiger partial charge in [-0.3, -0.25) is 0 Å². The number of carbonyl (C=O) groups is 1. The summed E-state index contributed by atoms with van der Waals surface area (Å²) >= 11 is 0. The van der Waals surface area contributed by atoms with E-state index in [-0.39, 0.29) is 40.4 Å². The number of ether oxygens (including phenoxy) is 1. The second-order valence-electron chi connectivity index (χ2n) is 10.5. The molecule has 1 aromatic carbocycles. The van der Waals surface area contributed by atoms with Crippen LogP contribution in [-0.2, 0) is 14.6 Å². The minimum Gasteiger partial charge on any atom is -0.443 e. The highest BCUT2D eigenvalue weighted by atomic mass is 32.2. The standard InChI is InChI=1S/C25H28FN5O4S/c1-25(8-9-25)35-24(32)31-15-3-4-16(31)12-17(11-15)30-10-7-19-22(14-27-29-23(19)30)28-21-6-5-18(13-20(21)26)36(2,33)34/h5-7,10,13-17H,3-4,8-9,11-12H2,1-2H3,(H,28,29)/t15-,16-/m0/s1. The van der Waals surface area contributed by atoms with Crippen LogP contribution in [0.25, 0.3) is 11.0 Å². The fourth-order valence-corrected chi connectivity index (χ4v) is 6.18. The van der Waals surface area contributed by atoms with Gasteiger partial charge in [-0.15, -0.1) is 5.10 Å². The summed E-state index contributed by atoms with van der Waals surface area (Å²) in [5, 5.41) is 12.3. The first kappa shape index (κ1) is 23.2. The molecule has 190 valence electrons. The molecule has 0 radical (unpaired) electrons. The lowest BCUT2D eigenvalue weighted by Crippen LogP contribution is -2.48. The lowest BCUT2D eigenvalue weighted by atomic mass is 9.97. The van der Waals surface area contributed by atoms with Gasteiger partial charge in [-0.25, -0.2) is 17.6 Å². The molecule has 0 unspecified atom stereocenters. The maximum Gasteiger partial charge on any atom is 0.410 e. The minimum atomic E-state index is -3.50. The van der Waals surface area contributed by atoms with E-state index in [1.54, 1.807) is 0 Å². The SMILES string of the molecule is CC1(OC(=O)N2[C@H]3CC[C@H]2CC(n2ccc4c(Nc5ccc(S(C)(=O)=O)cc5F)cnnc42)C3)CC1. The van der Waals surface area contributed by atoms with E-state index < -0.39 is 15.7 Å². The number of nitrogens with zero attached hydrogens (tertiary/aromatic N) is 4. The smallest absolute Gasteiger partial charge is 0.410 e. The van der Waals surface area contributed by atoms with Crippen molar-refractivity contribution < 1.29 is 22.3 Å². The van der Waals surface area contributed by atoms with Gasteiger partial charge >= 0.3 is 6.09 Å². The number of benzene rings is 1. The fraction of sp³-hybridized carbons (Fsp3) is 0.480. The van der Waals surface area contributed by atoms with Crippen molar-refractivity contribution >= 4 is 38.3 Å². The molecule has 2 aliphatic heterocycles. The lowest BCUT2D eigenvalue weighted by molar-refractivity contribution is 0.0285. The molecule has 11 heteroatoms. The average Bonchev–Trinajstić information content (AvgIpc) is 3.27. The van der Waals surface area contributed by atoms with Crippen molar-refractivity contribution in [3.8, 4) is 0 Å². The first-order valence-corrected chi connectivity index (χ1v) is 14.1. The van der Waals surface area contributed by atoms with Crippen LogP contribution in [0, 0.1) is 5.82 Å². The summed E-state index contributed by atoms with van der Waals surface area (Å²) in [6.07, 6.45) is 9.77. The molecule has 0 spiro atoms. The van der Waals surface area contributed by atoms with Gasteiger partial charge < -0.3 is 19.5 Å². The second kappa shape index (κ2) is 8.16. The fourth-order valence-electron chi connectivity index (χ4n) is 5.55. The summed E-state index contributed by atoms with van der Waals surface area (Å²) < 4.78 is 46.0. The third kappa shape index (κ3) is 4.08. The molecule has 2 bridgehead atoms. The number of anilines is 2. The molecule has 1 saturated carbocycles. The summed E-state index contributed by atoms with van der Waals surface area (Å²) in [4.78, 5) is 14.7. The summed E-state index contributed by atoms with van der Waals surface area (Å²) in [6.45, 7) is 1.99. The van der Waals surface area contributed by atoms with Crippen molar-refractivity contribution in [2.45, 2.75) is 74.1 Å². The van der Waals surface area contributed by atoms with Gasteiger partial charge in [0.1, 0.15) is 11.4 Å². The molecular formula is C25H28FN5O4S. The maximum atomic E-state index is 14.7. The van der Waals surface area contributed by atoms with Crippen molar-refractivity contribution in [3.63, 3.8) is 0 Å². The maximum absolute atomic E-state index is 14.7. The number of rotatable bonds is 5. The predicted octanol–water partition coefficient (Wildman–Crippen LogP) is 4.57. The van der Waals surface area contributed by atoms with Crippen LogP contribution in [0.1, 0.15) is 51.5 Å². The van der Waals surface area contributed by atoms with Crippen LogP contribution in [0.4, 0.5) is 20.6 Å². The molecule has 6 rings (SSSR count). The van der Waals surface area contributed by atoms with Gasteiger partial charge in [0.05, 0.1) is 22.5 Å². The third-order valence-electron chi connectivity index (χ3n) is 7.76. The van der Waals surface area contributed by atoms with E-state index in [1.807, 2.05) is 24.1 Å². The molecule has 2 aromatic heterocycles. The number of carbonyl (C=O) groups excluding carboxylic acids is 1. The zero-order valence-electron chi connectivity index (χ0n) is 20.1. The molecule has 1 amide bonds. The number of fused-ring (bicyclic) bond motifs is 3. The second-order valence-corrected chi connectivity index (χ2v) is 12.5. The number of sulfone groups is 1. The molecule has 2 saturated heterocycles. The van der Waals surface area contributed by atoms with Gasteiger partial charge in [0.25, 0.3) is 0 Å². The monoisotopic (exact) mass is 513 g/mol. The van der Waals surface area contributed by atoms with Gasteiger partial charge in [0.2, 0.25) is 0 Å².